The molecule has 0 saturated carbocycles. The number of ether oxygens (including phenoxy) is 1. The van der Waals surface area contributed by atoms with Crippen LogP contribution < -0.4 is 4.74 Å². The number of hydrogen-bond donors (Lipinski definition) is 0. The highest BCUT2D eigenvalue weighted by Gasteiger charge is 2.35. The lowest BCUT2D eigenvalue weighted by atomic mass is 9.94. The van der Waals surface area contributed by atoms with Gasteiger partial charge in [0, 0.05) is 37.7 Å². The van der Waals surface area contributed by atoms with E-state index in [1.54, 1.807) is 13.2 Å². The van der Waals surface area contributed by atoms with Crippen LogP contribution in [0.4, 0.5) is 0 Å². The van der Waals surface area contributed by atoms with E-state index in [4.69, 9.17) is 4.74 Å². The van der Waals surface area contributed by atoms with Gasteiger partial charge >= 0.3 is 0 Å². The van der Waals surface area contributed by atoms with Gasteiger partial charge in [-0.1, -0.05) is 42.5 Å². The molecule has 2 aromatic carbocycles. The number of rotatable bonds is 6. The van der Waals surface area contributed by atoms with E-state index < -0.39 is 0 Å². The van der Waals surface area contributed by atoms with Gasteiger partial charge in [0.1, 0.15) is 5.75 Å². The molecule has 1 unspecified atom stereocenters. The minimum Gasteiger partial charge on any atom is -0.497 e. The largest absolute Gasteiger partial charge is 0.497 e. The van der Waals surface area contributed by atoms with Gasteiger partial charge in [0.25, 0.3) is 0 Å². The number of likely N-dealkylation sites (tertiary alicyclic amines) is 2. The maximum Gasteiger partial charge on any atom is 0.246 e. The fourth-order valence-electron chi connectivity index (χ4n) is 4.83. The Labute approximate surface area is 190 Å². The minimum absolute atomic E-state index is 0.0167. The van der Waals surface area contributed by atoms with E-state index in [1.165, 1.54) is 5.56 Å². The number of hydrogen-bond acceptors (Lipinski definition) is 3. The summed E-state index contributed by atoms with van der Waals surface area (Å²) in [7, 11) is 1.68. The molecule has 2 amide bonds. The second kappa shape index (κ2) is 10.5. The van der Waals surface area contributed by atoms with Gasteiger partial charge in [-0.3, -0.25) is 9.59 Å². The third-order valence-corrected chi connectivity index (χ3v) is 6.64. The predicted octanol–water partition coefficient (Wildman–Crippen LogP) is 4.18. The Morgan fingerprint density at radius 2 is 1.78 bits per heavy atom. The molecule has 2 fully saturated rings. The van der Waals surface area contributed by atoms with E-state index in [9.17, 15) is 9.59 Å². The zero-order valence-electron chi connectivity index (χ0n) is 18.8. The Morgan fingerprint density at radius 3 is 2.53 bits per heavy atom. The van der Waals surface area contributed by atoms with Crippen LogP contribution in [0.2, 0.25) is 0 Å². The fraction of sp³-hybridized carbons (Fsp3) is 0.407. The zero-order chi connectivity index (χ0) is 22.3. The number of benzene rings is 2. The van der Waals surface area contributed by atoms with Crippen LogP contribution in [0.25, 0.3) is 6.08 Å². The fourth-order valence-corrected chi connectivity index (χ4v) is 4.83. The highest BCUT2D eigenvalue weighted by atomic mass is 16.5. The lowest BCUT2D eigenvalue weighted by Crippen LogP contribution is -2.45. The third-order valence-electron chi connectivity index (χ3n) is 6.64. The Balaban J connectivity index is 1.30. The maximum atomic E-state index is 13.3. The lowest BCUT2D eigenvalue weighted by Gasteiger charge is -2.34. The molecule has 2 heterocycles. The number of carbonyl (C=O) groups excluding carboxylic acids is 2. The van der Waals surface area contributed by atoms with E-state index in [0.717, 1.165) is 50.0 Å². The topological polar surface area (TPSA) is 49.9 Å². The lowest BCUT2D eigenvalue weighted by molar-refractivity contribution is -0.140. The van der Waals surface area contributed by atoms with Gasteiger partial charge < -0.3 is 14.5 Å². The van der Waals surface area contributed by atoms with Gasteiger partial charge in [0.15, 0.2) is 0 Å². The maximum absolute atomic E-state index is 13.3. The van der Waals surface area contributed by atoms with E-state index >= 15 is 0 Å². The van der Waals surface area contributed by atoms with Gasteiger partial charge in [0.2, 0.25) is 11.8 Å². The Morgan fingerprint density at radius 1 is 1.00 bits per heavy atom. The highest BCUT2D eigenvalue weighted by molar-refractivity contribution is 5.92. The summed E-state index contributed by atoms with van der Waals surface area (Å²) in [5, 5.41) is 0. The van der Waals surface area contributed by atoms with E-state index in [-0.39, 0.29) is 23.8 Å². The average molecular weight is 433 g/mol. The summed E-state index contributed by atoms with van der Waals surface area (Å²) in [6.45, 7) is 2.12. The first kappa shape index (κ1) is 22.1. The minimum atomic E-state index is 0.0167. The normalized spacial score (nSPS) is 19.5. The summed E-state index contributed by atoms with van der Waals surface area (Å²) >= 11 is 0. The molecular weight excluding hydrogens is 400 g/mol. The van der Waals surface area contributed by atoms with Crippen molar-refractivity contribution in [3.63, 3.8) is 0 Å². The Kier molecular flexibility index (Phi) is 7.25. The smallest absolute Gasteiger partial charge is 0.246 e. The monoisotopic (exact) mass is 432 g/mol. The molecule has 4 rings (SSSR count). The van der Waals surface area contributed by atoms with Crippen molar-refractivity contribution in [3.8, 4) is 5.75 Å². The van der Waals surface area contributed by atoms with Crippen LogP contribution in [0, 0.1) is 5.92 Å². The molecular formula is C27H32N2O3. The molecule has 2 aliphatic heterocycles. The third kappa shape index (κ3) is 5.39. The molecule has 2 aromatic rings. The van der Waals surface area contributed by atoms with Crippen LogP contribution in [0.3, 0.4) is 0 Å². The molecule has 5 nitrogen and oxygen atoms in total. The summed E-state index contributed by atoms with van der Waals surface area (Å²) in [6.07, 6.45) is 7.95. The van der Waals surface area contributed by atoms with E-state index in [2.05, 4.69) is 17.0 Å². The first-order valence-corrected chi connectivity index (χ1v) is 11.6. The Hall–Kier alpha value is -3.08. The van der Waals surface area contributed by atoms with Gasteiger partial charge in [0.05, 0.1) is 7.11 Å². The molecule has 0 bridgehead atoms. The molecule has 168 valence electrons. The van der Waals surface area contributed by atoms with Crippen molar-refractivity contribution in [2.45, 2.75) is 38.1 Å². The molecule has 0 spiro atoms. The van der Waals surface area contributed by atoms with Crippen LogP contribution in [0.15, 0.2) is 60.7 Å². The number of amides is 2. The number of methoxy groups -OCH3 is 1. The molecule has 0 N–H and O–H groups in total. The SMILES string of the molecule is COc1cccc(CC2CCCN2C(=O)C2CCN(C(=O)/C=C/c3ccccc3)CC2)c1. The molecule has 1 atom stereocenters. The summed E-state index contributed by atoms with van der Waals surface area (Å²) in [4.78, 5) is 29.8. The molecule has 0 radical (unpaired) electrons. The highest BCUT2D eigenvalue weighted by Crippen LogP contribution is 2.28. The van der Waals surface area contributed by atoms with Crippen molar-refractivity contribution in [1.82, 2.24) is 9.80 Å². The van der Waals surface area contributed by atoms with Crippen LogP contribution in [0.1, 0.15) is 36.8 Å². The van der Waals surface area contributed by atoms with Gasteiger partial charge in [-0.15, -0.1) is 0 Å². The van der Waals surface area contributed by atoms with Crippen LogP contribution in [0.5, 0.6) is 5.75 Å². The first-order chi connectivity index (χ1) is 15.6. The van der Waals surface area contributed by atoms with Crippen LogP contribution in [-0.2, 0) is 16.0 Å². The quantitative estimate of drug-likeness (QED) is 0.644. The zero-order valence-corrected chi connectivity index (χ0v) is 18.8. The number of piperidine rings is 1. The summed E-state index contributed by atoms with van der Waals surface area (Å²) in [5.41, 5.74) is 2.22. The van der Waals surface area contributed by atoms with Gasteiger partial charge in [-0.2, -0.15) is 0 Å². The first-order valence-electron chi connectivity index (χ1n) is 11.6. The molecule has 0 aromatic heterocycles. The Bertz CT molecular complexity index is 948. The van der Waals surface area contributed by atoms with Crippen molar-refractivity contribution in [1.29, 1.82) is 0 Å². The molecule has 2 aliphatic rings. The molecule has 32 heavy (non-hydrogen) atoms. The van der Waals surface area contributed by atoms with Crippen molar-refractivity contribution in [2.24, 2.45) is 5.92 Å². The molecule has 0 aliphatic carbocycles. The van der Waals surface area contributed by atoms with Crippen LogP contribution >= 0.6 is 0 Å². The van der Waals surface area contributed by atoms with Crippen LogP contribution in [-0.4, -0.2) is 54.4 Å². The van der Waals surface area contributed by atoms with Crippen molar-refractivity contribution in [2.75, 3.05) is 26.7 Å². The second-order valence-electron chi connectivity index (χ2n) is 8.73. The van der Waals surface area contributed by atoms with Crippen molar-refractivity contribution >= 4 is 17.9 Å². The molecule has 5 heteroatoms. The number of carbonyl (C=O) groups is 2. The van der Waals surface area contributed by atoms with Crippen molar-refractivity contribution in [3.05, 3.63) is 71.8 Å². The second-order valence-corrected chi connectivity index (χ2v) is 8.73. The standard InChI is InChI=1S/C27H32N2O3/c1-32-25-11-5-9-22(20-25)19-24-10-6-16-29(24)27(31)23-14-17-28(18-15-23)26(30)13-12-21-7-3-2-4-8-21/h2-5,7-9,11-13,20,23-24H,6,10,14-19H2,1H3/b13-12+. The van der Waals surface area contributed by atoms with Gasteiger partial charge in [-0.05, 0) is 61.4 Å². The number of nitrogens with zero attached hydrogens (tertiary/aromatic N) is 2. The van der Waals surface area contributed by atoms with E-state index in [0.29, 0.717) is 13.1 Å². The summed E-state index contributed by atoms with van der Waals surface area (Å²) < 4.78 is 5.34. The average Bonchev–Trinajstić information content (AvgIpc) is 3.31. The van der Waals surface area contributed by atoms with Crippen molar-refractivity contribution < 1.29 is 14.3 Å². The van der Waals surface area contributed by atoms with E-state index in [1.807, 2.05) is 53.4 Å². The predicted molar refractivity (Wildman–Crippen MR) is 126 cm³/mol. The molecule has 2 saturated heterocycles. The summed E-state index contributed by atoms with van der Waals surface area (Å²) in [6, 6.07) is 18.2. The van der Waals surface area contributed by atoms with Gasteiger partial charge in [-0.25, -0.2) is 0 Å². The summed E-state index contributed by atoms with van der Waals surface area (Å²) in [5.74, 6) is 1.17.